The van der Waals surface area contributed by atoms with E-state index < -0.39 is 292 Å². The van der Waals surface area contributed by atoms with Crippen molar-refractivity contribution in [2.75, 3.05) is 82.9 Å². The lowest BCUT2D eigenvalue weighted by Crippen LogP contribution is -2.65. The van der Waals surface area contributed by atoms with Gasteiger partial charge in [0.15, 0.2) is 37.7 Å². The summed E-state index contributed by atoms with van der Waals surface area (Å²) in [6.07, 6.45) is -21.8. The number of carbonyl (C=O) groups excluding carboxylic acids is 2. The second-order valence-corrected chi connectivity index (χ2v) is 38.4. The number of carbonyl (C=O) groups is 2. The average Bonchev–Trinajstić information content (AvgIpc) is 0.780. The number of rotatable bonds is 28. The van der Waals surface area contributed by atoms with Gasteiger partial charge in [0.1, 0.15) is 85.5 Å². The summed E-state index contributed by atoms with van der Waals surface area (Å²) in [5.74, 6) is -6.91. The molecule has 13 N–H and O–H groups in total. The summed E-state index contributed by atoms with van der Waals surface area (Å²) in [6.45, 7) is 28.2. The molecule has 0 aromatic carbocycles. The number of aliphatic hydroxyl groups excluding tert-OH is 10. The van der Waals surface area contributed by atoms with E-state index in [-0.39, 0.29) is 64.8 Å². The number of cyclic esters (lactones) is 2. The Morgan fingerprint density at radius 2 is 0.780 bits per heavy atom. The fourth-order valence-corrected chi connectivity index (χ4v) is 19.8. The van der Waals surface area contributed by atoms with E-state index in [0.717, 1.165) is 0 Å². The van der Waals surface area contributed by atoms with E-state index in [1.807, 2.05) is 53.7 Å². The Kier molecular flexibility index (Phi) is 42.4. The Labute approximate surface area is 752 Å². The molecule has 0 saturated carbocycles. The molecule has 0 aromatic rings. The third-order valence-corrected chi connectivity index (χ3v) is 27.7. The molecular formula is C92H161N3O32. The molecule has 0 aliphatic carbocycles. The molecule has 8 aliphatic rings. The summed E-state index contributed by atoms with van der Waals surface area (Å²) >= 11 is 0. The number of nitrogens with one attached hydrogen (secondary N) is 1. The zero-order valence-electron chi connectivity index (χ0n) is 79.5. The first-order valence-electron chi connectivity index (χ1n) is 46.1. The molecule has 0 amide bonds. The largest absolute Gasteiger partial charge is 0.462 e. The fraction of sp³-hybridized carbons (Fsp3) is 0.891. The van der Waals surface area contributed by atoms with Crippen molar-refractivity contribution < 1.29 is 156 Å². The van der Waals surface area contributed by atoms with Gasteiger partial charge >= 0.3 is 11.9 Å². The molecule has 0 radical (unpaired) electrons. The minimum atomic E-state index is -1.58. The number of esters is 2. The predicted octanol–water partition coefficient (Wildman–Crippen LogP) is 3.46. The van der Waals surface area contributed by atoms with Crippen molar-refractivity contribution in [1.82, 2.24) is 15.1 Å². The molecule has 35 heteroatoms. The van der Waals surface area contributed by atoms with Crippen LogP contribution in [0, 0.1) is 47.3 Å². The number of allylic oxidation sites excluding steroid dienone is 4. The van der Waals surface area contributed by atoms with Crippen LogP contribution >= 0.6 is 0 Å². The van der Waals surface area contributed by atoms with Gasteiger partial charge in [-0.3, -0.25) is 9.59 Å². The van der Waals surface area contributed by atoms with Crippen molar-refractivity contribution in [2.45, 2.75) is 395 Å². The number of ether oxygens (including phenoxy) is 18. The third kappa shape index (κ3) is 28.4. The Bertz CT molecular complexity index is 3200. The Balaban J connectivity index is 1.15. The molecule has 30 unspecified atom stereocenters. The van der Waals surface area contributed by atoms with Crippen LogP contribution in [-0.4, -0.2) is 386 Å². The predicted molar refractivity (Wildman–Crippen MR) is 463 cm³/mol. The lowest BCUT2D eigenvalue weighted by atomic mass is 9.78. The standard InChI is InChI=1S/C92H161N3O32/c1-25-65-59(43-114-89-83(112-23)81(110-21)73(102)51(9)118-89)35-45(3)27-29-61(96)47(5)37-57(77(49(7)63(98)39-67(100)122-65)126-87-75(104)71(94(17)18)79(53(11)120-87)124-69-41-91(15,108)85(106)55(13)116-69)31-33-93-34-32-58-38-48(6)62(97)30-28-46(4)36-60(44-115-90-84(113-24)82(111-22)74(103)52(10)119-90)66(26-2)123-68(101)40-64(99)50(8)78(58)127-88-76(105)72(95(19)20)80(54(12)121-88)125-70-42-92(16,109)86(107)56(14)117-70/h27-30,35-36,47-66,69-90,93,96-99,102-109H,25-26,31-34,37-44H2,1-24H3/b29-27+,30-28+,45-35+,46-36+/t47-,48+,49+,50-,51?,52?,53?,54?,55?,56?,57+,58-,59?,60?,61+,62-,63-,64+,65-,66+,69?,70?,71?,72?,73?,74?,75?,76?,77-,78+,79?,80?,81?,82?,83?,84?,85?,86?,87?,88?,89?,90?,91?,92?. The molecule has 35 nitrogen and oxygen atoms in total. The molecule has 127 heavy (non-hydrogen) atoms. The molecule has 736 valence electrons. The van der Waals surface area contributed by atoms with Crippen LogP contribution in [0.5, 0.6) is 0 Å². The summed E-state index contributed by atoms with van der Waals surface area (Å²) < 4.78 is 114. The van der Waals surface area contributed by atoms with Gasteiger partial charge in [0, 0.05) is 65.0 Å². The van der Waals surface area contributed by atoms with Crippen molar-refractivity contribution in [3.05, 3.63) is 47.6 Å². The van der Waals surface area contributed by atoms with E-state index in [4.69, 9.17) is 85.3 Å². The first-order valence-corrected chi connectivity index (χ1v) is 46.1. The summed E-state index contributed by atoms with van der Waals surface area (Å²) in [4.78, 5) is 32.9. The molecule has 8 rings (SSSR count). The first-order chi connectivity index (χ1) is 59.7. The van der Waals surface area contributed by atoms with E-state index in [1.165, 1.54) is 42.3 Å². The minimum absolute atomic E-state index is 0.0560. The van der Waals surface area contributed by atoms with Crippen LogP contribution in [0.15, 0.2) is 47.6 Å². The van der Waals surface area contributed by atoms with Crippen LogP contribution < -0.4 is 5.32 Å². The van der Waals surface area contributed by atoms with Gasteiger partial charge < -0.3 is 162 Å². The summed E-state index contributed by atoms with van der Waals surface area (Å²) in [6, 6.07) is -1.71. The molecule has 0 bridgehead atoms. The number of aliphatic hydroxyl groups is 12. The quantitative estimate of drug-likeness (QED) is 0.0394. The number of likely N-dealkylation sites (N-methyl/N-ethyl adjacent to an activating group) is 2. The maximum atomic E-state index is 14.7. The maximum absolute atomic E-state index is 14.7. The second kappa shape index (κ2) is 49.4. The molecular weight excluding hydrogens is 1660 g/mol. The van der Waals surface area contributed by atoms with E-state index in [1.54, 1.807) is 118 Å². The van der Waals surface area contributed by atoms with Gasteiger partial charge in [-0.1, -0.05) is 89.1 Å². The van der Waals surface area contributed by atoms with Gasteiger partial charge in [-0.05, 0) is 173 Å². The average molecular weight is 1820 g/mol. The highest BCUT2D eigenvalue weighted by Crippen LogP contribution is 2.43. The maximum Gasteiger partial charge on any atom is 0.308 e. The Morgan fingerprint density at radius 3 is 1.09 bits per heavy atom. The van der Waals surface area contributed by atoms with Crippen LogP contribution in [0.1, 0.15) is 175 Å². The van der Waals surface area contributed by atoms with Gasteiger partial charge in [0.25, 0.3) is 0 Å². The van der Waals surface area contributed by atoms with Gasteiger partial charge in [-0.15, -0.1) is 0 Å². The van der Waals surface area contributed by atoms with Gasteiger partial charge in [0.05, 0.1) is 123 Å². The van der Waals surface area contributed by atoms with Crippen molar-refractivity contribution in [1.29, 1.82) is 0 Å². The van der Waals surface area contributed by atoms with Crippen LogP contribution in [0.4, 0.5) is 0 Å². The molecule has 0 spiro atoms. The normalized spacial score (nSPS) is 47.6. The monoisotopic (exact) mass is 1820 g/mol. The van der Waals surface area contributed by atoms with Crippen molar-refractivity contribution in [2.24, 2.45) is 47.3 Å². The van der Waals surface area contributed by atoms with Crippen LogP contribution in [0.3, 0.4) is 0 Å². The molecule has 8 aliphatic heterocycles. The molecule has 6 saturated heterocycles. The lowest BCUT2D eigenvalue weighted by Gasteiger charge is -2.50. The molecule has 6 fully saturated rings. The number of hydrogen-bond donors (Lipinski definition) is 13. The van der Waals surface area contributed by atoms with E-state index >= 15 is 0 Å². The van der Waals surface area contributed by atoms with Crippen LogP contribution in [0.2, 0.25) is 0 Å². The first kappa shape index (κ1) is 109. The second-order valence-electron chi connectivity index (χ2n) is 38.4. The molecule has 8 heterocycles. The van der Waals surface area contributed by atoms with Gasteiger partial charge in [-0.25, -0.2) is 0 Å². The topological polar surface area (TPSA) is 462 Å². The SMILES string of the molecule is CC[C@@H]1OC(=O)C[C@H](O)[C@@H](C)[C@H](OC2OC(C)C(OC3CC(C)(O)C(O)C(C)O3)C(N(C)C)C2O)[C@H](CCNCC[C@H]2C[C@@H](C)[C@@H](O)/C=C/C(C)=C/C(COC3OC(C)C(O)C(OC)C3OC)[C@@H](CC)OC(=O)C[C@@H](O)[C@H](C)[C@H]2OC2OC(C)C(OC3CC(C)(O)C(O)C(C)O3)C(N(C)C)C2O)C[C@H](C)[C@H](O)/C=C/C(C)=C/C1COC1OC(C)C(O)C(OC)C1OC. The van der Waals surface area contributed by atoms with Gasteiger partial charge in [0.2, 0.25) is 0 Å². The zero-order chi connectivity index (χ0) is 94.3. The lowest BCUT2D eigenvalue weighted by molar-refractivity contribution is -0.342. The van der Waals surface area contributed by atoms with Crippen molar-refractivity contribution in [3.8, 4) is 0 Å². The van der Waals surface area contributed by atoms with Crippen LogP contribution in [-0.2, 0) is 94.9 Å². The summed E-state index contributed by atoms with van der Waals surface area (Å²) in [5.41, 5.74) is -1.78. The van der Waals surface area contributed by atoms with Crippen molar-refractivity contribution >= 4 is 11.9 Å². The highest BCUT2D eigenvalue weighted by atomic mass is 16.8. The molecule has 0 aromatic heterocycles. The molecule has 44 atom stereocenters. The summed E-state index contributed by atoms with van der Waals surface area (Å²) in [5, 5.41) is 146. The Hall–Kier alpha value is -3.34. The van der Waals surface area contributed by atoms with E-state index in [0.29, 0.717) is 24.0 Å². The zero-order valence-corrected chi connectivity index (χ0v) is 79.5. The van der Waals surface area contributed by atoms with E-state index in [2.05, 4.69) is 5.32 Å². The number of hydrogen-bond acceptors (Lipinski definition) is 35. The fourth-order valence-electron chi connectivity index (χ4n) is 19.8. The van der Waals surface area contributed by atoms with Crippen molar-refractivity contribution in [3.63, 3.8) is 0 Å². The smallest absolute Gasteiger partial charge is 0.308 e. The van der Waals surface area contributed by atoms with Gasteiger partial charge in [-0.2, -0.15) is 0 Å². The highest BCUT2D eigenvalue weighted by Gasteiger charge is 2.56. The summed E-state index contributed by atoms with van der Waals surface area (Å²) in [7, 11) is 12.9. The number of methoxy groups -OCH3 is 4. The highest BCUT2D eigenvalue weighted by molar-refractivity contribution is 5.70. The Morgan fingerprint density at radius 1 is 0.441 bits per heavy atom. The van der Waals surface area contributed by atoms with Crippen LogP contribution in [0.25, 0.3) is 0 Å². The minimum Gasteiger partial charge on any atom is -0.462 e. The number of nitrogens with zero attached hydrogens (tertiary/aromatic N) is 2. The van der Waals surface area contributed by atoms with E-state index in [9.17, 15) is 70.9 Å². The third-order valence-electron chi connectivity index (χ3n) is 27.7.